The van der Waals surface area contributed by atoms with Crippen molar-refractivity contribution in [2.75, 3.05) is 26.2 Å². The van der Waals surface area contributed by atoms with Crippen LogP contribution in [0.15, 0.2) is 27.6 Å². The number of piperazine rings is 1. The van der Waals surface area contributed by atoms with Crippen LogP contribution in [0, 0.1) is 0 Å². The number of rotatable bonds is 5. The third-order valence-electron chi connectivity index (χ3n) is 4.64. The summed E-state index contributed by atoms with van der Waals surface area (Å²) in [5, 5.41) is 3.20. The van der Waals surface area contributed by atoms with E-state index < -0.39 is 10.0 Å². The van der Waals surface area contributed by atoms with Gasteiger partial charge in [-0.15, -0.1) is 0 Å². The van der Waals surface area contributed by atoms with Crippen molar-refractivity contribution in [3.05, 3.63) is 27.7 Å². The second-order valence-corrected chi connectivity index (χ2v) is 9.70. The Morgan fingerprint density at radius 2 is 1.92 bits per heavy atom. The van der Waals surface area contributed by atoms with Gasteiger partial charge in [0.2, 0.25) is 15.9 Å². The number of carbonyl (C=O) groups is 1. The lowest BCUT2D eigenvalue weighted by Crippen LogP contribution is -2.55. The number of benzene rings is 1. The highest BCUT2D eigenvalue weighted by molar-refractivity contribution is 9.10. The maximum atomic E-state index is 12.8. The van der Waals surface area contributed by atoms with Crippen LogP contribution in [0.3, 0.4) is 0 Å². The summed E-state index contributed by atoms with van der Waals surface area (Å²) in [6, 6.07) is 4.84. The van der Waals surface area contributed by atoms with Crippen molar-refractivity contribution in [3.63, 3.8) is 0 Å². The van der Waals surface area contributed by atoms with Crippen molar-refractivity contribution < 1.29 is 13.2 Å². The smallest absolute Gasteiger partial charge is 0.244 e. The molecular formula is C16H21BrClN3O3S. The number of nitrogens with zero attached hydrogens (tertiary/aromatic N) is 2. The standard InChI is InChI=1S/C16H21BrClN3O3S/c1-11(16(22)19-13-3-4-13)20-6-8-21(9-7-20)25(23,24)15-5-2-12(17)10-14(15)18/h2,5,10-11,13H,3-4,6-9H2,1H3,(H,19,22)/t11-/m1/s1. The van der Waals surface area contributed by atoms with E-state index in [1.54, 1.807) is 12.1 Å². The lowest BCUT2D eigenvalue weighted by atomic mass is 10.2. The average Bonchev–Trinajstić information content (AvgIpc) is 3.38. The number of nitrogens with one attached hydrogen (secondary N) is 1. The highest BCUT2D eigenvalue weighted by atomic mass is 79.9. The molecule has 1 heterocycles. The summed E-state index contributed by atoms with van der Waals surface area (Å²) in [6.07, 6.45) is 2.11. The monoisotopic (exact) mass is 449 g/mol. The van der Waals surface area contributed by atoms with Gasteiger partial charge in [-0.1, -0.05) is 27.5 Å². The van der Waals surface area contributed by atoms with Gasteiger partial charge in [0.05, 0.1) is 11.1 Å². The van der Waals surface area contributed by atoms with Gasteiger partial charge in [0, 0.05) is 36.7 Å². The van der Waals surface area contributed by atoms with Gasteiger partial charge in [-0.05, 0) is 38.0 Å². The second kappa shape index (κ2) is 7.52. The van der Waals surface area contributed by atoms with Gasteiger partial charge in [0.25, 0.3) is 0 Å². The molecule has 1 aliphatic carbocycles. The molecule has 0 unspecified atom stereocenters. The molecule has 0 spiro atoms. The molecule has 9 heteroatoms. The number of carbonyl (C=O) groups excluding carboxylic acids is 1. The van der Waals surface area contributed by atoms with E-state index in [2.05, 4.69) is 21.2 Å². The summed E-state index contributed by atoms with van der Waals surface area (Å²) in [6.45, 7) is 3.60. The van der Waals surface area contributed by atoms with Crippen LogP contribution in [-0.4, -0.2) is 61.8 Å². The van der Waals surface area contributed by atoms with Crippen molar-refractivity contribution in [1.29, 1.82) is 0 Å². The highest BCUT2D eigenvalue weighted by Gasteiger charge is 2.34. The summed E-state index contributed by atoms with van der Waals surface area (Å²) >= 11 is 9.39. The van der Waals surface area contributed by atoms with E-state index in [9.17, 15) is 13.2 Å². The molecular weight excluding hydrogens is 430 g/mol. The number of hydrogen-bond acceptors (Lipinski definition) is 4. The summed E-state index contributed by atoms with van der Waals surface area (Å²) < 4.78 is 27.8. The first kappa shape index (κ1) is 19.1. The van der Waals surface area contributed by atoms with E-state index in [0.717, 1.165) is 17.3 Å². The minimum Gasteiger partial charge on any atom is -0.352 e. The van der Waals surface area contributed by atoms with E-state index in [1.165, 1.54) is 10.4 Å². The van der Waals surface area contributed by atoms with Crippen LogP contribution in [-0.2, 0) is 14.8 Å². The predicted molar refractivity (Wildman–Crippen MR) is 100 cm³/mol. The zero-order valence-electron chi connectivity index (χ0n) is 13.9. The Labute approximate surface area is 161 Å². The second-order valence-electron chi connectivity index (χ2n) is 6.47. The Morgan fingerprint density at radius 3 is 2.48 bits per heavy atom. The summed E-state index contributed by atoms with van der Waals surface area (Å²) in [4.78, 5) is 14.3. The van der Waals surface area contributed by atoms with Crippen molar-refractivity contribution in [1.82, 2.24) is 14.5 Å². The van der Waals surface area contributed by atoms with E-state index in [1.807, 2.05) is 11.8 Å². The summed E-state index contributed by atoms with van der Waals surface area (Å²) in [5.41, 5.74) is 0. The van der Waals surface area contributed by atoms with Crippen molar-refractivity contribution in [2.24, 2.45) is 0 Å². The number of halogens is 2. The van der Waals surface area contributed by atoms with Crippen LogP contribution in [0.4, 0.5) is 0 Å². The molecule has 25 heavy (non-hydrogen) atoms. The number of sulfonamides is 1. The lowest BCUT2D eigenvalue weighted by molar-refractivity contribution is -0.126. The Kier molecular flexibility index (Phi) is 5.75. The molecule has 2 fully saturated rings. The Morgan fingerprint density at radius 1 is 1.28 bits per heavy atom. The molecule has 6 nitrogen and oxygen atoms in total. The first-order valence-corrected chi connectivity index (χ1v) is 10.9. The van der Waals surface area contributed by atoms with Crippen molar-refractivity contribution in [3.8, 4) is 0 Å². The molecule has 1 aliphatic heterocycles. The van der Waals surface area contributed by atoms with E-state index in [-0.39, 0.29) is 21.9 Å². The van der Waals surface area contributed by atoms with E-state index in [4.69, 9.17) is 11.6 Å². The van der Waals surface area contributed by atoms with Gasteiger partial charge in [-0.3, -0.25) is 9.69 Å². The maximum absolute atomic E-state index is 12.8. The van der Waals surface area contributed by atoms with Crippen LogP contribution < -0.4 is 5.32 Å². The number of amides is 1. The van der Waals surface area contributed by atoms with Gasteiger partial charge >= 0.3 is 0 Å². The summed E-state index contributed by atoms with van der Waals surface area (Å²) in [7, 11) is -3.63. The molecule has 1 aromatic rings. The van der Waals surface area contributed by atoms with Gasteiger partial charge in [-0.2, -0.15) is 4.31 Å². The van der Waals surface area contributed by atoms with Crippen LogP contribution in [0.2, 0.25) is 5.02 Å². The fourth-order valence-corrected chi connectivity index (χ4v) is 5.30. The molecule has 3 rings (SSSR count). The third-order valence-corrected chi connectivity index (χ3v) is 7.51. The van der Waals surface area contributed by atoms with Crippen LogP contribution in [0.1, 0.15) is 19.8 Å². The Bertz CT molecular complexity index is 762. The molecule has 1 saturated carbocycles. The zero-order chi connectivity index (χ0) is 18.2. The van der Waals surface area contributed by atoms with Gasteiger partial charge in [0.15, 0.2) is 0 Å². The first-order valence-electron chi connectivity index (χ1n) is 8.28. The quantitative estimate of drug-likeness (QED) is 0.746. The normalized spacial score (nSPS) is 21.1. The van der Waals surface area contributed by atoms with Gasteiger partial charge < -0.3 is 5.32 Å². The Balaban J connectivity index is 1.63. The van der Waals surface area contributed by atoms with Gasteiger partial charge in [0.1, 0.15) is 4.90 Å². The first-order chi connectivity index (χ1) is 11.8. The van der Waals surface area contributed by atoms with Crippen molar-refractivity contribution >= 4 is 43.5 Å². The SMILES string of the molecule is C[C@H](C(=O)NC1CC1)N1CCN(S(=O)(=O)c2ccc(Br)cc2Cl)CC1. The molecule has 0 aromatic heterocycles. The fourth-order valence-electron chi connectivity index (χ4n) is 2.87. The van der Waals surface area contributed by atoms with Gasteiger partial charge in [-0.25, -0.2) is 8.42 Å². The largest absolute Gasteiger partial charge is 0.352 e. The van der Waals surface area contributed by atoms with Crippen LogP contribution in [0.25, 0.3) is 0 Å². The highest BCUT2D eigenvalue weighted by Crippen LogP contribution is 2.28. The van der Waals surface area contributed by atoms with Crippen LogP contribution in [0.5, 0.6) is 0 Å². The van der Waals surface area contributed by atoms with E-state index in [0.29, 0.717) is 32.2 Å². The molecule has 1 aromatic carbocycles. The molecule has 1 amide bonds. The maximum Gasteiger partial charge on any atom is 0.244 e. The topological polar surface area (TPSA) is 69.7 Å². The lowest BCUT2D eigenvalue weighted by Gasteiger charge is -2.36. The molecule has 0 radical (unpaired) electrons. The third kappa shape index (κ3) is 4.36. The summed E-state index contributed by atoms with van der Waals surface area (Å²) in [5.74, 6) is 0.0229. The molecule has 0 bridgehead atoms. The van der Waals surface area contributed by atoms with E-state index >= 15 is 0 Å². The molecule has 2 aliphatic rings. The predicted octanol–water partition coefficient (Wildman–Crippen LogP) is 2.08. The zero-order valence-corrected chi connectivity index (χ0v) is 17.1. The van der Waals surface area contributed by atoms with Crippen LogP contribution >= 0.6 is 27.5 Å². The molecule has 1 saturated heterocycles. The fraction of sp³-hybridized carbons (Fsp3) is 0.562. The molecule has 1 N–H and O–H groups in total. The average molecular weight is 451 g/mol. The Hall–Kier alpha value is -0.670. The minimum absolute atomic E-state index is 0.0229. The molecule has 138 valence electrons. The van der Waals surface area contributed by atoms with Crippen molar-refractivity contribution in [2.45, 2.75) is 36.7 Å². The molecule has 1 atom stereocenters. The number of hydrogen-bond donors (Lipinski definition) is 1. The minimum atomic E-state index is -3.63.